The van der Waals surface area contributed by atoms with Gasteiger partial charge in [-0.3, -0.25) is 4.99 Å². The quantitative estimate of drug-likeness (QED) is 0.469. The van der Waals surface area contributed by atoms with Crippen molar-refractivity contribution in [2.45, 2.75) is 44.7 Å². The number of nitrogens with zero attached hydrogens (tertiary/aromatic N) is 2. The lowest BCUT2D eigenvalue weighted by molar-refractivity contribution is -0.135. The fraction of sp³-hybridized carbons (Fsp3) is 0.632. The molecule has 0 aromatic heterocycles. The highest BCUT2D eigenvalue weighted by molar-refractivity contribution is 5.79. The van der Waals surface area contributed by atoms with Crippen molar-refractivity contribution in [1.29, 1.82) is 0 Å². The van der Waals surface area contributed by atoms with Gasteiger partial charge in [-0.25, -0.2) is 0 Å². The molecule has 1 fully saturated rings. The average Bonchev–Trinajstić information content (AvgIpc) is 2.59. The Kier molecular flexibility index (Phi) is 7.59. The average molecular weight is 355 g/mol. The second-order valence-electron chi connectivity index (χ2n) is 6.67. The van der Waals surface area contributed by atoms with Gasteiger partial charge in [-0.1, -0.05) is 30.3 Å². The summed E-state index contributed by atoms with van der Waals surface area (Å²) in [6, 6.07) is 10.5. The number of hydrogen-bond donors (Lipinski definition) is 1. The van der Waals surface area contributed by atoms with Crippen LogP contribution in [0.3, 0.4) is 0 Å². The van der Waals surface area contributed by atoms with E-state index in [9.17, 15) is 13.2 Å². The van der Waals surface area contributed by atoms with Gasteiger partial charge in [0.1, 0.15) is 0 Å². The third-order valence-electron chi connectivity index (χ3n) is 4.66. The van der Waals surface area contributed by atoms with E-state index in [1.807, 2.05) is 6.07 Å². The molecule has 1 aliphatic heterocycles. The predicted octanol–water partition coefficient (Wildman–Crippen LogP) is 4.25. The Morgan fingerprint density at radius 3 is 2.44 bits per heavy atom. The van der Waals surface area contributed by atoms with E-state index in [1.54, 1.807) is 7.05 Å². The van der Waals surface area contributed by atoms with Crippen LogP contribution in [0, 0.1) is 5.92 Å². The first-order valence-electron chi connectivity index (χ1n) is 9.04. The molecule has 3 nitrogen and oxygen atoms in total. The van der Waals surface area contributed by atoms with Gasteiger partial charge in [0, 0.05) is 33.1 Å². The highest BCUT2D eigenvalue weighted by Crippen LogP contribution is 2.23. The third-order valence-corrected chi connectivity index (χ3v) is 4.66. The molecule has 0 aliphatic carbocycles. The molecule has 1 aromatic carbocycles. The monoisotopic (exact) mass is 355 g/mol. The van der Waals surface area contributed by atoms with Gasteiger partial charge in [-0.05, 0) is 43.6 Å². The lowest BCUT2D eigenvalue weighted by Crippen LogP contribution is -2.46. The van der Waals surface area contributed by atoms with E-state index in [-0.39, 0.29) is 6.42 Å². The number of guanidine groups is 1. The second-order valence-corrected chi connectivity index (χ2v) is 6.67. The van der Waals surface area contributed by atoms with Crippen molar-refractivity contribution in [1.82, 2.24) is 10.2 Å². The van der Waals surface area contributed by atoms with Gasteiger partial charge in [0.2, 0.25) is 0 Å². The number of alkyl halides is 3. The third kappa shape index (κ3) is 7.36. The SMILES string of the molecule is CN=C(NCCCCC(F)(F)F)N1CCC(Cc2ccccc2)CC1. The molecule has 1 saturated heterocycles. The maximum atomic E-state index is 12.1. The Bertz CT molecular complexity index is 520. The molecule has 0 saturated carbocycles. The van der Waals surface area contributed by atoms with Gasteiger partial charge in [0.05, 0.1) is 0 Å². The van der Waals surface area contributed by atoms with Gasteiger partial charge in [0.25, 0.3) is 0 Å². The van der Waals surface area contributed by atoms with Crippen molar-refractivity contribution >= 4 is 5.96 Å². The largest absolute Gasteiger partial charge is 0.389 e. The highest BCUT2D eigenvalue weighted by atomic mass is 19.4. The topological polar surface area (TPSA) is 27.6 Å². The zero-order valence-corrected chi connectivity index (χ0v) is 14.9. The Balaban J connectivity index is 1.67. The maximum absolute atomic E-state index is 12.1. The van der Waals surface area contributed by atoms with Gasteiger partial charge >= 0.3 is 6.18 Å². The summed E-state index contributed by atoms with van der Waals surface area (Å²) in [4.78, 5) is 6.49. The smallest absolute Gasteiger partial charge is 0.356 e. The van der Waals surface area contributed by atoms with Crippen molar-refractivity contribution in [3.05, 3.63) is 35.9 Å². The van der Waals surface area contributed by atoms with E-state index in [0.717, 1.165) is 38.3 Å². The molecular formula is C19H28F3N3. The van der Waals surface area contributed by atoms with Crippen molar-refractivity contribution < 1.29 is 13.2 Å². The Hall–Kier alpha value is -1.72. The van der Waals surface area contributed by atoms with Gasteiger partial charge in [0.15, 0.2) is 5.96 Å². The fourth-order valence-electron chi connectivity index (χ4n) is 3.28. The summed E-state index contributed by atoms with van der Waals surface area (Å²) in [5.74, 6) is 1.49. The van der Waals surface area contributed by atoms with Crippen LogP contribution in [0.15, 0.2) is 35.3 Å². The molecule has 1 aromatic rings. The number of benzene rings is 1. The molecule has 0 bridgehead atoms. The minimum Gasteiger partial charge on any atom is -0.356 e. The molecule has 25 heavy (non-hydrogen) atoms. The summed E-state index contributed by atoms with van der Waals surface area (Å²) in [7, 11) is 1.73. The summed E-state index contributed by atoms with van der Waals surface area (Å²) < 4.78 is 36.4. The van der Waals surface area contributed by atoms with E-state index in [2.05, 4.69) is 39.5 Å². The maximum Gasteiger partial charge on any atom is 0.389 e. The van der Waals surface area contributed by atoms with E-state index in [4.69, 9.17) is 0 Å². The van der Waals surface area contributed by atoms with Gasteiger partial charge in [-0.15, -0.1) is 0 Å². The normalized spacial score (nSPS) is 17.0. The Labute approximate surface area is 148 Å². The van der Waals surface area contributed by atoms with E-state index in [0.29, 0.717) is 18.9 Å². The van der Waals surface area contributed by atoms with Gasteiger partial charge < -0.3 is 10.2 Å². The minimum absolute atomic E-state index is 0.159. The van der Waals surface area contributed by atoms with Crippen LogP contribution in [-0.2, 0) is 6.42 Å². The lowest BCUT2D eigenvalue weighted by Gasteiger charge is -2.34. The zero-order valence-electron chi connectivity index (χ0n) is 14.9. The first-order valence-corrected chi connectivity index (χ1v) is 9.04. The van der Waals surface area contributed by atoms with Crippen LogP contribution in [0.1, 0.15) is 37.7 Å². The number of rotatable bonds is 6. The van der Waals surface area contributed by atoms with Crippen LogP contribution in [0.4, 0.5) is 13.2 Å². The van der Waals surface area contributed by atoms with Crippen LogP contribution in [0.5, 0.6) is 0 Å². The molecule has 0 unspecified atom stereocenters. The Morgan fingerprint density at radius 2 is 1.84 bits per heavy atom. The molecule has 6 heteroatoms. The minimum atomic E-state index is -4.05. The number of likely N-dealkylation sites (tertiary alicyclic amines) is 1. The van der Waals surface area contributed by atoms with Crippen molar-refractivity contribution in [2.75, 3.05) is 26.7 Å². The number of piperidine rings is 1. The first-order chi connectivity index (χ1) is 12.0. The molecule has 1 N–H and O–H groups in total. The van der Waals surface area contributed by atoms with Gasteiger partial charge in [-0.2, -0.15) is 13.2 Å². The van der Waals surface area contributed by atoms with Crippen molar-refractivity contribution in [3.8, 4) is 0 Å². The first kappa shape index (κ1) is 19.6. The van der Waals surface area contributed by atoms with Crippen LogP contribution in [-0.4, -0.2) is 43.7 Å². The molecule has 0 spiro atoms. The number of aliphatic imine (C=N–C) groups is 1. The zero-order chi connectivity index (χ0) is 18.1. The molecule has 2 rings (SSSR count). The van der Waals surface area contributed by atoms with Crippen LogP contribution < -0.4 is 5.32 Å². The number of halogens is 3. The highest BCUT2D eigenvalue weighted by Gasteiger charge is 2.26. The summed E-state index contributed by atoms with van der Waals surface area (Å²) in [6.07, 6.45) is -0.762. The molecule has 0 atom stereocenters. The molecule has 1 heterocycles. The molecule has 1 aliphatic rings. The molecule has 0 radical (unpaired) electrons. The Morgan fingerprint density at radius 1 is 1.16 bits per heavy atom. The summed E-state index contributed by atoms with van der Waals surface area (Å²) in [5.41, 5.74) is 1.38. The lowest BCUT2D eigenvalue weighted by atomic mass is 9.90. The number of hydrogen-bond acceptors (Lipinski definition) is 1. The van der Waals surface area contributed by atoms with Crippen LogP contribution in [0.2, 0.25) is 0 Å². The summed E-state index contributed by atoms with van der Waals surface area (Å²) >= 11 is 0. The predicted molar refractivity (Wildman–Crippen MR) is 95.7 cm³/mol. The van der Waals surface area contributed by atoms with E-state index in [1.165, 1.54) is 5.56 Å². The second kappa shape index (κ2) is 9.68. The molecule has 140 valence electrons. The van der Waals surface area contributed by atoms with Crippen molar-refractivity contribution in [3.63, 3.8) is 0 Å². The van der Waals surface area contributed by atoms with E-state index < -0.39 is 12.6 Å². The van der Waals surface area contributed by atoms with E-state index >= 15 is 0 Å². The summed E-state index contributed by atoms with van der Waals surface area (Å²) in [6.45, 7) is 2.42. The fourth-order valence-corrected chi connectivity index (χ4v) is 3.28. The standard InChI is InChI=1S/C19H28F3N3/c1-23-18(24-12-6-5-11-19(20,21)22)25-13-9-17(10-14-25)15-16-7-3-2-4-8-16/h2-4,7-8,17H,5-6,9-15H2,1H3,(H,23,24). The molecule has 0 amide bonds. The number of unbranched alkanes of at least 4 members (excludes halogenated alkanes) is 1. The molecular weight excluding hydrogens is 327 g/mol. The van der Waals surface area contributed by atoms with Crippen LogP contribution in [0.25, 0.3) is 0 Å². The van der Waals surface area contributed by atoms with Crippen LogP contribution >= 0.6 is 0 Å². The van der Waals surface area contributed by atoms with Crippen molar-refractivity contribution in [2.24, 2.45) is 10.9 Å². The number of nitrogens with one attached hydrogen (secondary N) is 1. The summed E-state index contributed by atoms with van der Waals surface area (Å²) in [5, 5.41) is 3.20.